The summed E-state index contributed by atoms with van der Waals surface area (Å²) in [6, 6.07) is 0. The Morgan fingerprint density at radius 3 is 2.37 bits per heavy atom. The highest BCUT2D eigenvalue weighted by Gasteiger charge is 2.21. The summed E-state index contributed by atoms with van der Waals surface area (Å²) in [5, 5.41) is 17.6. The van der Waals surface area contributed by atoms with Gasteiger partial charge in [0.2, 0.25) is 0 Å². The van der Waals surface area contributed by atoms with Crippen LogP contribution in [0.3, 0.4) is 0 Å². The molecule has 0 fully saturated rings. The van der Waals surface area contributed by atoms with Gasteiger partial charge in [0.25, 0.3) is 0 Å². The molecule has 3 N–H and O–H groups in total. The number of nitrogens with one attached hydrogen (secondary N) is 1. The average Bonchev–Trinajstić information content (AvgIpc) is 2.71. The molecule has 7 nitrogen and oxygen atoms in total. The molecule has 19 heavy (non-hydrogen) atoms. The first-order valence-corrected chi connectivity index (χ1v) is 5.67. The van der Waals surface area contributed by atoms with E-state index >= 15 is 0 Å². The average molecular weight is 271 g/mol. The van der Waals surface area contributed by atoms with Crippen molar-refractivity contribution in [2.75, 3.05) is 14.2 Å². The van der Waals surface area contributed by atoms with E-state index in [0.29, 0.717) is 16.8 Å². The standard InChI is InChI=1S/C12H17NO6/c1-18-12(19-2)11-8(5-10(16)17)7(6-13-11)3-4-9(14)15/h6,12-13H,3-5H2,1-2H3,(H,14,15)(H,16,17). The van der Waals surface area contributed by atoms with E-state index in [1.54, 1.807) is 6.20 Å². The molecule has 0 saturated carbocycles. The second kappa shape index (κ2) is 6.91. The van der Waals surface area contributed by atoms with Gasteiger partial charge >= 0.3 is 11.9 Å². The van der Waals surface area contributed by atoms with Gasteiger partial charge in [-0.05, 0) is 17.5 Å². The molecule has 0 amide bonds. The van der Waals surface area contributed by atoms with Crippen LogP contribution in [0.2, 0.25) is 0 Å². The van der Waals surface area contributed by atoms with Crippen molar-refractivity contribution in [3.63, 3.8) is 0 Å². The molecule has 1 aromatic rings. The van der Waals surface area contributed by atoms with Gasteiger partial charge in [-0.15, -0.1) is 0 Å². The van der Waals surface area contributed by atoms with Gasteiger partial charge in [0, 0.05) is 26.8 Å². The minimum Gasteiger partial charge on any atom is -0.481 e. The van der Waals surface area contributed by atoms with Crippen molar-refractivity contribution in [2.24, 2.45) is 0 Å². The molecule has 0 aliphatic heterocycles. The number of aryl methyl sites for hydroxylation is 1. The van der Waals surface area contributed by atoms with Crippen molar-refractivity contribution in [3.8, 4) is 0 Å². The smallest absolute Gasteiger partial charge is 0.307 e. The molecule has 0 aliphatic rings. The summed E-state index contributed by atoms with van der Waals surface area (Å²) in [6.07, 6.45) is 0.884. The predicted octanol–water partition coefficient (Wildman–Crippen LogP) is 0.950. The fraction of sp³-hybridized carbons (Fsp3) is 0.500. The van der Waals surface area contributed by atoms with Gasteiger partial charge in [0.15, 0.2) is 6.29 Å². The zero-order chi connectivity index (χ0) is 14.4. The number of hydrogen-bond acceptors (Lipinski definition) is 4. The highest BCUT2D eigenvalue weighted by molar-refractivity contribution is 5.72. The fourth-order valence-electron chi connectivity index (χ4n) is 1.88. The van der Waals surface area contributed by atoms with E-state index in [1.165, 1.54) is 14.2 Å². The molecular formula is C12H17NO6. The molecule has 0 aliphatic carbocycles. The van der Waals surface area contributed by atoms with Crippen LogP contribution in [-0.4, -0.2) is 41.4 Å². The summed E-state index contributed by atoms with van der Waals surface area (Å²) in [4.78, 5) is 24.4. The van der Waals surface area contributed by atoms with E-state index < -0.39 is 18.2 Å². The van der Waals surface area contributed by atoms with E-state index in [-0.39, 0.29) is 19.3 Å². The summed E-state index contributed by atoms with van der Waals surface area (Å²) >= 11 is 0. The second-order valence-electron chi connectivity index (χ2n) is 3.97. The lowest BCUT2D eigenvalue weighted by atomic mass is 10.0. The number of aromatic nitrogens is 1. The van der Waals surface area contributed by atoms with E-state index in [0.717, 1.165) is 0 Å². The first-order valence-electron chi connectivity index (χ1n) is 5.67. The molecule has 0 bridgehead atoms. The Balaban J connectivity index is 3.03. The molecule has 0 spiro atoms. The number of aliphatic carboxylic acids is 2. The Hall–Kier alpha value is -1.86. The first kappa shape index (κ1) is 15.2. The molecule has 7 heteroatoms. The number of methoxy groups -OCH3 is 2. The zero-order valence-corrected chi connectivity index (χ0v) is 10.8. The normalized spacial score (nSPS) is 10.9. The fourth-order valence-corrected chi connectivity index (χ4v) is 1.88. The van der Waals surface area contributed by atoms with Crippen LogP contribution in [0.4, 0.5) is 0 Å². The van der Waals surface area contributed by atoms with Crippen molar-refractivity contribution in [2.45, 2.75) is 25.6 Å². The van der Waals surface area contributed by atoms with Crippen LogP contribution in [0.1, 0.15) is 29.5 Å². The lowest BCUT2D eigenvalue weighted by molar-refractivity contribution is -0.137. The summed E-state index contributed by atoms with van der Waals surface area (Å²) in [6.45, 7) is 0. The van der Waals surface area contributed by atoms with Crippen LogP contribution >= 0.6 is 0 Å². The van der Waals surface area contributed by atoms with Gasteiger partial charge in [0.05, 0.1) is 12.1 Å². The molecule has 0 saturated heterocycles. The SMILES string of the molecule is COC(OC)c1[nH]cc(CCC(=O)O)c1CC(=O)O. The van der Waals surface area contributed by atoms with Crippen molar-refractivity contribution in [1.29, 1.82) is 0 Å². The van der Waals surface area contributed by atoms with Crippen LogP contribution in [0.5, 0.6) is 0 Å². The maximum atomic E-state index is 10.9. The van der Waals surface area contributed by atoms with E-state index in [2.05, 4.69) is 4.98 Å². The largest absolute Gasteiger partial charge is 0.481 e. The number of ether oxygens (including phenoxy) is 2. The van der Waals surface area contributed by atoms with E-state index in [1.807, 2.05) is 0 Å². The first-order chi connectivity index (χ1) is 8.99. The predicted molar refractivity (Wildman–Crippen MR) is 64.8 cm³/mol. The molecule has 1 rings (SSSR count). The second-order valence-corrected chi connectivity index (χ2v) is 3.97. The van der Waals surface area contributed by atoms with Crippen molar-refractivity contribution in [3.05, 3.63) is 23.0 Å². The highest BCUT2D eigenvalue weighted by Crippen LogP contribution is 2.25. The summed E-state index contributed by atoms with van der Waals surface area (Å²) in [5.74, 6) is -1.93. The van der Waals surface area contributed by atoms with Crippen LogP contribution in [0.15, 0.2) is 6.20 Å². The van der Waals surface area contributed by atoms with E-state index in [4.69, 9.17) is 19.7 Å². The summed E-state index contributed by atoms with van der Waals surface area (Å²) in [5.41, 5.74) is 1.68. The molecule has 0 unspecified atom stereocenters. The maximum absolute atomic E-state index is 10.9. The Labute approximate surface area is 110 Å². The van der Waals surface area contributed by atoms with Crippen LogP contribution < -0.4 is 0 Å². The number of carboxylic acid groups (broad SMARTS) is 2. The number of carboxylic acids is 2. The van der Waals surface area contributed by atoms with Gasteiger partial charge in [-0.2, -0.15) is 0 Å². The molecule has 106 valence electrons. The third kappa shape index (κ3) is 4.08. The Morgan fingerprint density at radius 2 is 1.89 bits per heavy atom. The number of H-pyrrole nitrogens is 1. The number of carbonyl (C=O) groups is 2. The van der Waals surface area contributed by atoms with Crippen molar-refractivity contribution in [1.82, 2.24) is 4.98 Å². The third-order valence-corrected chi connectivity index (χ3v) is 2.71. The minimum absolute atomic E-state index is 0.0610. The summed E-state index contributed by atoms with van der Waals surface area (Å²) < 4.78 is 10.2. The van der Waals surface area contributed by atoms with Crippen molar-refractivity contribution >= 4 is 11.9 Å². The Bertz CT molecular complexity index is 449. The Kier molecular flexibility index (Phi) is 5.53. The van der Waals surface area contributed by atoms with Gasteiger partial charge in [-0.3, -0.25) is 9.59 Å². The third-order valence-electron chi connectivity index (χ3n) is 2.71. The summed E-state index contributed by atoms with van der Waals surface area (Å²) in [7, 11) is 2.88. The quantitative estimate of drug-likeness (QED) is 0.607. The molecule has 0 atom stereocenters. The number of aromatic amines is 1. The minimum atomic E-state index is -0.997. The molecule has 1 heterocycles. The molecular weight excluding hydrogens is 254 g/mol. The monoisotopic (exact) mass is 271 g/mol. The topological polar surface area (TPSA) is 109 Å². The molecule has 0 aromatic carbocycles. The van der Waals surface area contributed by atoms with Crippen LogP contribution in [0.25, 0.3) is 0 Å². The zero-order valence-electron chi connectivity index (χ0n) is 10.8. The number of hydrogen-bond donors (Lipinski definition) is 3. The van der Waals surface area contributed by atoms with E-state index in [9.17, 15) is 9.59 Å². The van der Waals surface area contributed by atoms with Gasteiger partial charge in [-0.1, -0.05) is 0 Å². The van der Waals surface area contributed by atoms with Gasteiger partial charge in [-0.25, -0.2) is 0 Å². The van der Waals surface area contributed by atoms with Gasteiger partial charge < -0.3 is 24.7 Å². The van der Waals surface area contributed by atoms with Crippen molar-refractivity contribution < 1.29 is 29.3 Å². The lowest BCUT2D eigenvalue weighted by Gasteiger charge is -2.14. The highest BCUT2D eigenvalue weighted by atomic mass is 16.7. The van der Waals surface area contributed by atoms with Crippen LogP contribution in [0, 0.1) is 0 Å². The van der Waals surface area contributed by atoms with Crippen LogP contribution in [-0.2, 0) is 31.9 Å². The van der Waals surface area contributed by atoms with Gasteiger partial charge in [0.1, 0.15) is 0 Å². The molecule has 0 radical (unpaired) electrons. The number of rotatable bonds is 8. The lowest BCUT2D eigenvalue weighted by Crippen LogP contribution is -2.11. The molecule has 1 aromatic heterocycles. The Morgan fingerprint density at radius 1 is 1.26 bits per heavy atom. The maximum Gasteiger partial charge on any atom is 0.307 e.